The summed E-state index contributed by atoms with van der Waals surface area (Å²) in [6.45, 7) is 2.82. The number of rotatable bonds is 12. The van der Waals surface area contributed by atoms with Crippen LogP contribution in [0.2, 0.25) is 0 Å². The molecule has 2 fully saturated rings. The monoisotopic (exact) mass is 1150 g/mol. The van der Waals surface area contributed by atoms with Crippen molar-refractivity contribution in [3.63, 3.8) is 0 Å². The standard InChI is InChI=1S/2C30H30FN5O4S/c2*1-32-29(37)27-22-15-21(19-7-6-14-36(17-19)30-33-23-8-4-5-9-24(23)34-30)25(35(2)41(3,38)39)16-26(22)40-28(27)18-10-12-20(31)13-11-18/h2*4-5,8-13,15-16,19H,6-7,14,17H2,1-3H3,(H,32,37)(H,33,34)/t2*19-/m10/s1. The molecule has 6 heterocycles. The molecular weight excluding hydrogens is 1090 g/mol. The van der Waals surface area contributed by atoms with Gasteiger partial charge in [-0.2, -0.15) is 0 Å². The van der Waals surface area contributed by atoms with E-state index in [4.69, 9.17) is 18.8 Å². The minimum absolute atomic E-state index is 0.0535. The molecule has 0 radical (unpaired) electrons. The van der Waals surface area contributed by atoms with Crippen LogP contribution in [0.1, 0.15) is 69.4 Å². The highest BCUT2D eigenvalue weighted by molar-refractivity contribution is 7.92. The van der Waals surface area contributed by atoms with Gasteiger partial charge in [0.15, 0.2) is 0 Å². The zero-order valence-corrected chi connectivity index (χ0v) is 47.5. The Balaban J connectivity index is 0.000000172. The van der Waals surface area contributed by atoms with Crippen molar-refractivity contribution in [2.75, 3.05) is 85.3 Å². The fourth-order valence-corrected chi connectivity index (χ4v) is 12.2. The van der Waals surface area contributed by atoms with Crippen LogP contribution in [-0.4, -0.2) is 115 Å². The molecule has 12 rings (SSSR count). The third kappa shape index (κ3) is 10.7. The second-order valence-electron chi connectivity index (χ2n) is 20.8. The van der Waals surface area contributed by atoms with Crippen molar-refractivity contribution >= 4 is 99.1 Å². The fourth-order valence-electron chi connectivity index (χ4n) is 11.2. The maximum atomic E-state index is 13.7. The molecule has 0 bridgehead atoms. The topological polar surface area (TPSA) is 223 Å². The van der Waals surface area contributed by atoms with Crippen LogP contribution in [-0.2, 0) is 20.0 Å². The molecule has 0 unspecified atom stereocenters. The van der Waals surface area contributed by atoms with Gasteiger partial charge in [0, 0.05) is 100 Å². The van der Waals surface area contributed by atoms with E-state index in [0.29, 0.717) is 68.7 Å². The lowest BCUT2D eigenvalue weighted by Crippen LogP contribution is -2.36. The van der Waals surface area contributed by atoms with Crippen LogP contribution in [0.15, 0.2) is 130 Å². The number of imidazole rings is 2. The summed E-state index contributed by atoms with van der Waals surface area (Å²) in [4.78, 5) is 47.0. The molecule has 0 spiro atoms. The number of H-pyrrole nitrogens is 2. The third-order valence-electron chi connectivity index (χ3n) is 15.5. The van der Waals surface area contributed by atoms with Crippen molar-refractivity contribution in [1.29, 1.82) is 0 Å². The van der Waals surface area contributed by atoms with Crippen molar-refractivity contribution in [2.24, 2.45) is 0 Å². The number of amides is 2. The summed E-state index contributed by atoms with van der Waals surface area (Å²) in [6, 6.07) is 34.3. The number of para-hydroxylation sites is 4. The summed E-state index contributed by atoms with van der Waals surface area (Å²) in [7, 11) is -1.12. The van der Waals surface area contributed by atoms with Gasteiger partial charge in [0.05, 0.1) is 57.1 Å². The Bertz CT molecular complexity index is 3970. The number of nitrogens with one attached hydrogen (secondary N) is 4. The van der Waals surface area contributed by atoms with E-state index in [2.05, 4.69) is 30.4 Å². The van der Waals surface area contributed by atoms with E-state index in [0.717, 1.165) is 96.4 Å². The molecule has 2 atom stereocenters. The van der Waals surface area contributed by atoms with Crippen LogP contribution in [0.25, 0.3) is 66.7 Å². The quantitative estimate of drug-likeness (QED) is 0.0897. The number of nitrogens with zero attached hydrogens (tertiary/aromatic N) is 6. The molecule has 82 heavy (non-hydrogen) atoms. The number of piperidine rings is 2. The Labute approximate surface area is 472 Å². The summed E-state index contributed by atoms with van der Waals surface area (Å²) < 4.78 is 93.2. The first-order chi connectivity index (χ1) is 39.3. The summed E-state index contributed by atoms with van der Waals surface area (Å²) in [5.74, 6) is 0.482. The Morgan fingerprint density at radius 3 is 1.32 bits per heavy atom. The fraction of sp³-hybridized carbons (Fsp3) is 0.267. The number of anilines is 4. The van der Waals surface area contributed by atoms with Crippen LogP contribution < -0.4 is 29.0 Å². The predicted octanol–water partition coefficient (Wildman–Crippen LogP) is 10.5. The number of benzene rings is 6. The number of hydrogen-bond acceptors (Lipinski definition) is 12. The Morgan fingerprint density at radius 2 is 0.963 bits per heavy atom. The van der Waals surface area contributed by atoms with Crippen LogP contribution >= 0.6 is 0 Å². The van der Waals surface area contributed by atoms with E-state index in [1.165, 1.54) is 61.1 Å². The molecular formula is C60H60F2N10O8S2. The van der Waals surface area contributed by atoms with Crippen molar-refractivity contribution in [3.8, 4) is 22.6 Å². The molecule has 0 saturated carbocycles. The number of carbonyl (C=O) groups is 2. The molecule has 6 aromatic carbocycles. The maximum Gasteiger partial charge on any atom is 0.255 e. The van der Waals surface area contributed by atoms with Gasteiger partial charge in [-0.05, 0) is 122 Å². The maximum absolute atomic E-state index is 13.7. The molecule has 2 saturated heterocycles. The number of fused-ring (bicyclic) bond motifs is 4. The van der Waals surface area contributed by atoms with Gasteiger partial charge >= 0.3 is 0 Å². The molecule has 22 heteroatoms. The van der Waals surface area contributed by atoms with Crippen molar-refractivity contribution in [2.45, 2.75) is 37.5 Å². The van der Waals surface area contributed by atoms with E-state index >= 15 is 0 Å². The lowest BCUT2D eigenvalue weighted by Gasteiger charge is -2.34. The van der Waals surface area contributed by atoms with Crippen molar-refractivity contribution in [1.82, 2.24) is 30.6 Å². The number of sulfonamides is 2. The number of hydrogen-bond donors (Lipinski definition) is 4. The Kier molecular flexibility index (Phi) is 14.8. The molecule has 18 nitrogen and oxygen atoms in total. The van der Waals surface area contributed by atoms with E-state index in [9.17, 15) is 35.2 Å². The number of halogens is 2. The largest absolute Gasteiger partial charge is 0.455 e. The molecule has 2 aliphatic rings. The molecule has 10 aromatic rings. The third-order valence-corrected chi connectivity index (χ3v) is 17.9. The molecule has 424 valence electrons. The first kappa shape index (κ1) is 55.2. The van der Waals surface area contributed by atoms with Gasteiger partial charge in [-0.25, -0.2) is 35.6 Å². The summed E-state index contributed by atoms with van der Waals surface area (Å²) in [5, 5.41) is 6.49. The average molecular weight is 1150 g/mol. The summed E-state index contributed by atoms with van der Waals surface area (Å²) in [5.41, 5.74) is 8.65. The number of aromatic nitrogens is 4. The Hall–Kier alpha value is -8.76. The van der Waals surface area contributed by atoms with Gasteiger partial charge in [0.1, 0.15) is 34.3 Å². The van der Waals surface area contributed by atoms with E-state index < -0.39 is 31.7 Å². The molecule has 2 aliphatic heterocycles. The lowest BCUT2D eigenvalue weighted by atomic mass is 9.88. The number of carbonyl (C=O) groups excluding carboxylic acids is 2. The van der Waals surface area contributed by atoms with Crippen LogP contribution in [0.4, 0.5) is 32.1 Å². The second-order valence-corrected chi connectivity index (χ2v) is 24.8. The van der Waals surface area contributed by atoms with Crippen LogP contribution in [0.5, 0.6) is 0 Å². The molecule has 4 aromatic heterocycles. The second kappa shape index (κ2) is 21.9. The summed E-state index contributed by atoms with van der Waals surface area (Å²) in [6.07, 6.45) is 5.71. The highest BCUT2D eigenvalue weighted by Crippen LogP contribution is 2.45. The van der Waals surface area contributed by atoms with Crippen LogP contribution in [0.3, 0.4) is 0 Å². The van der Waals surface area contributed by atoms with Gasteiger partial charge in [-0.1, -0.05) is 24.3 Å². The highest BCUT2D eigenvalue weighted by Gasteiger charge is 2.33. The number of furan rings is 2. The minimum Gasteiger partial charge on any atom is -0.455 e. The SMILES string of the molecule is CNC(=O)c1c(-c2ccc(F)cc2)oc2cc(N(C)S(C)(=O)=O)c([C@@H]3CCCN(c4nc5ccccc5[nH]4)C3)cc12.CNC(=O)c1c(-c2ccc(F)cc2)oc2cc(N(C)S(C)(=O)=O)c([C@H]3CCCN(c4nc5ccccc5[nH]4)C3)cc12. The van der Waals surface area contributed by atoms with Gasteiger partial charge in [0.25, 0.3) is 11.8 Å². The normalized spacial score (nSPS) is 15.9. The predicted molar refractivity (Wildman–Crippen MR) is 317 cm³/mol. The first-order valence-electron chi connectivity index (χ1n) is 26.7. The van der Waals surface area contributed by atoms with Gasteiger partial charge in [-0.15, -0.1) is 0 Å². The summed E-state index contributed by atoms with van der Waals surface area (Å²) >= 11 is 0. The van der Waals surface area contributed by atoms with Crippen molar-refractivity contribution in [3.05, 3.63) is 155 Å². The van der Waals surface area contributed by atoms with E-state index in [-0.39, 0.29) is 35.2 Å². The van der Waals surface area contributed by atoms with E-state index in [1.54, 1.807) is 36.4 Å². The van der Waals surface area contributed by atoms with Gasteiger partial charge in [-0.3, -0.25) is 18.2 Å². The van der Waals surface area contributed by atoms with Gasteiger partial charge in [0.2, 0.25) is 31.9 Å². The molecule has 0 aliphatic carbocycles. The molecule has 4 N–H and O–H groups in total. The smallest absolute Gasteiger partial charge is 0.255 e. The zero-order valence-electron chi connectivity index (χ0n) is 45.9. The lowest BCUT2D eigenvalue weighted by molar-refractivity contribution is 0.0956. The highest BCUT2D eigenvalue weighted by atomic mass is 32.2. The number of aromatic amines is 2. The van der Waals surface area contributed by atoms with Crippen LogP contribution in [0, 0.1) is 11.6 Å². The Morgan fingerprint density at radius 1 is 0.585 bits per heavy atom. The molecule has 2 amide bonds. The average Bonchev–Trinajstić information content (AvgIpc) is 4.45. The zero-order chi connectivity index (χ0) is 57.8. The van der Waals surface area contributed by atoms with Crippen molar-refractivity contribution < 1.29 is 44.0 Å². The van der Waals surface area contributed by atoms with Gasteiger partial charge < -0.3 is 39.2 Å². The van der Waals surface area contributed by atoms with E-state index in [1.807, 2.05) is 60.7 Å². The minimum atomic E-state index is -3.61. The first-order valence-corrected chi connectivity index (χ1v) is 30.4.